The zero-order valence-corrected chi connectivity index (χ0v) is 11.9. The maximum atomic E-state index is 12.3. The second-order valence-electron chi connectivity index (χ2n) is 5.23. The van der Waals surface area contributed by atoms with E-state index in [-0.39, 0.29) is 23.5 Å². The van der Waals surface area contributed by atoms with E-state index in [1.54, 1.807) is 6.07 Å². The molecule has 0 unspecified atom stereocenters. The van der Waals surface area contributed by atoms with Crippen LogP contribution >= 0.6 is 0 Å². The van der Waals surface area contributed by atoms with Crippen molar-refractivity contribution in [3.05, 3.63) is 24.3 Å². The van der Waals surface area contributed by atoms with Crippen molar-refractivity contribution in [3.63, 3.8) is 0 Å². The van der Waals surface area contributed by atoms with Crippen molar-refractivity contribution in [3.8, 4) is 11.5 Å². The van der Waals surface area contributed by atoms with Gasteiger partial charge >= 0.3 is 6.36 Å². The zero-order valence-electron chi connectivity index (χ0n) is 11.9. The number of ether oxygens (including phenoxy) is 2. The summed E-state index contributed by atoms with van der Waals surface area (Å²) in [6, 6.07) is 5.78. The van der Waals surface area contributed by atoms with Crippen LogP contribution in [0, 0.1) is 5.41 Å². The number of hydrogen-bond donors (Lipinski definition) is 1. The number of benzene rings is 1. The highest BCUT2D eigenvalue weighted by atomic mass is 19.4. The summed E-state index contributed by atoms with van der Waals surface area (Å²) in [6.45, 7) is 7.77. The number of nitrogens with one attached hydrogen (secondary N) is 1. The summed E-state index contributed by atoms with van der Waals surface area (Å²) in [4.78, 5) is 0. The van der Waals surface area contributed by atoms with Gasteiger partial charge in [-0.2, -0.15) is 0 Å². The van der Waals surface area contributed by atoms with Crippen LogP contribution < -0.4 is 14.8 Å². The SMILES string of the molecule is CCNCC(C)(C)COc1ccccc1OC(F)(F)F. The number of halogens is 3. The quantitative estimate of drug-likeness (QED) is 0.832. The van der Waals surface area contributed by atoms with Gasteiger partial charge in [-0.3, -0.25) is 0 Å². The molecular weight excluding hydrogens is 271 g/mol. The Hall–Kier alpha value is -1.43. The van der Waals surface area contributed by atoms with Gasteiger partial charge in [-0.25, -0.2) is 0 Å². The van der Waals surface area contributed by atoms with E-state index in [0.29, 0.717) is 6.54 Å². The molecule has 0 fully saturated rings. The van der Waals surface area contributed by atoms with E-state index in [0.717, 1.165) is 6.54 Å². The second-order valence-corrected chi connectivity index (χ2v) is 5.23. The van der Waals surface area contributed by atoms with Crippen LogP contribution in [0.5, 0.6) is 11.5 Å². The molecule has 0 aromatic heterocycles. The molecule has 0 bridgehead atoms. The fraction of sp³-hybridized carbons (Fsp3) is 0.571. The van der Waals surface area contributed by atoms with Gasteiger partial charge in [0.2, 0.25) is 0 Å². The molecule has 1 rings (SSSR count). The van der Waals surface area contributed by atoms with Crippen LogP contribution in [0.2, 0.25) is 0 Å². The third kappa shape index (κ3) is 6.14. The van der Waals surface area contributed by atoms with Crippen LogP contribution in [0.4, 0.5) is 13.2 Å². The van der Waals surface area contributed by atoms with Gasteiger partial charge in [-0.1, -0.05) is 32.9 Å². The molecule has 114 valence electrons. The Balaban J connectivity index is 2.68. The first kappa shape index (κ1) is 16.6. The van der Waals surface area contributed by atoms with Gasteiger partial charge in [-0.15, -0.1) is 13.2 Å². The highest BCUT2D eigenvalue weighted by Gasteiger charge is 2.32. The fourth-order valence-electron chi connectivity index (χ4n) is 1.57. The predicted octanol–water partition coefficient (Wildman–Crippen LogP) is 3.60. The van der Waals surface area contributed by atoms with Gasteiger partial charge in [0.15, 0.2) is 11.5 Å². The second kappa shape index (κ2) is 6.83. The normalized spacial score (nSPS) is 12.3. The van der Waals surface area contributed by atoms with E-state index < -0.39 is 6.36 Å². The molecule has 1 aromatic carbocycles. The van der Waals surface area contributed by atoms with E-state index in [1.165, 1.54) is 18.2 Å². The molecule has 1 N–H and O–H groups in total. The number of para-hydroxylation sites is 2. The van der Waals surface area contributed by atoms with Crippen LogP contribution in [0.25, 0.3) is 0 Å². The Labute approximate surface area is 117 Å². The lowest BCUT2D eigenvalue weighted by atomic mass is 9.95. The maximum Gasteiger partial charge on any atom is 0.573 e. The number of hydrogen-bond acceptors (Lipinski definition) is 3. The van der Waals surface area contributed by atoms with Crippen molar-refractivity contribution in [2.24, 2.45) is 5.41 Å². The smallest absolute Gasteiger partial charge is 0.489 e. The molecule has 0 saturated heterocycles. The summed E-state index contributed by atoms with van der Waals surface area (Å²) < 4.78 is 46.2. The molecule has 0 radical (unpaired) electrons. The summed E-state index contributed by atoms with van der Waals surface area (Å²) in [6.07, 6.45) is -4.72. The van der Waals surface area contributed by atoms with Crippen molar-refractivity contribution < 1.29 is 22.6 Å². The van der Waals surface area contributed by atoms with Crippen LogP contribution in [-0.2, 0) is 0 Å². The van der Waals surface area contributed by atoms with E-state index in [1.807, 2.05) is 20.8 Å². The van der Waals surface area contributed by atoms with Crippen LogP contribution in [0.1, 0.15) is 20.8 Å². The molecule has 0 spiro atoms. The van der Waals surface area contributed by atoms with Gasteiger partial charge in [-0.05, 0) is 18.7 Å². The van der Waals surface area contributed by atoms with E-state index in [9.17, 15) is 13.2 Å². The summed E-state index contributed by atoms with van der Waals surface area (Å²) in [5.74, 6) is -0.228. The number of alkyl halides is 3. The molecule has 0 heterocycles. The lowest BCUT2D eigenvalue weighted by Crippen LogP contribution is -2.34. The largest absolute Gasteiger partial charge is 0.573 e. The molecule has 6 heteroatoms. The molecule has 0 amide bonds. The topological polar surface area (TPSA) is 30.5 Å². The van der Waals surface area contributed by atoms with Gasteiger partial charge in [0.05, 0.1) is 6.61 Å². The van der Waals surface area contributed by atoms with Gasteiger partial charge in [0.25, 0.3) is 0 Å². The molecule has 0 saturated carbocycles. The summed E-state index contributed by atoms with van der Waals surface area (Å²) in [7, 11) is 0. The molecule has 0 aliphatic rings. The van der Waals surface area contributed by atoms with E-state index in [4.69, 9.17) is 4.74 Å². The third-order valence-electron chi connectivity index (χ3n) is 2.55. The standard InChI is InChI=1S/C14H20F3NO2/c1-4-18-9-13(2,3)10-19-11-7-5-6-8-12(11)20-14(15,16)17/h5-8,18H,4,9-10H2,1-3H3. The van der Waals surface area contributed by atoms with Gasteiger partial charge in [0.1, 0.15) is 0 Å². The first-order valence-electron chi connectivity index (χ1n) is 6.42. The minimum Gasteiger partial charge on any atom is -0.489 e. The molecule has 3 nitrogen and oxygen atoms in total. The number of rotatable bonds is 7. The third-order valence-corrected chi connectivity index (χ3v) is 2.55. The molecule has 0 atom stereocenters. The minimum atomic E-state index is -4.72. The Morgan fingerprint density at radius 1 is 1.10 bits per heavy atom. The molecule has 0 aliphatic carbocycles. The molecule has 0 aliphatic heterocycles. The lowest BCUT2D eigenvalue weighted by molar-refractivity contribution is -0.275. The molecular formula is C14H20F3NO2. The summed E-state index contributed by atoms with van der Waals surface area (Å²) in [5.41, 5.74) is -0.193. The Bertz CT molecular complexity index is 419. The molecule has 20 heavy (non-hydrogen) atoms. The summed E-state index contributed by atoms with van der Waals surface area (Å²) in [5, 5.41) is 3.19. The van der Waals surface area contributed by atoms with Crippen molar-refractivity contribution in [1.29, 1.82) is 0 Å². The average molecular weight is 291 g/mol. The zero-order chi connectivity index (χ0) is 15.2. The van der Waals surface area contributed by atoms with Crippen molar-refractivity contribution >= 4 is 0 Å². The highest BCUT2D eigenvalue weighted by Crippen LogP contribution is 2.32. The first-order valence-corrected chi connectivity index (χ1v) is 6.42. The van der Waals surface area contributed by atoms with Gasteiger partial charge in [0, 0.05) is 12.0 Å². The van der Waals surface area contributed by atoms with Crippen molar-refractivity contribution in [2.75, 3.05) is 19.7 Å². The highest BCUT2D eigenvalue weighted by molar-refractivity contribution is 5.39. The molecule has 1 aromatic rings. The average Bonchev–Trinajstić information content (AvgIpc) is 2.34. The fourth-order valence-corrected chi connectivity index (χ4v) is 1.57. The maximum absolute atomic E-state index is 12.3. The van der Waals surface area contributed by atoms with E-state index >= 15 is 0 Å². The Morgan fingerprint density at radius 2 is 1.70 bits per heavy atom. The van der Waals surface area contributed by atoms with Crippen LogP contribution in [0.15, 0.2) is 24.3 Å². The Kier molecular flexibility index (Phi) is 5.68. The van der Waals surface area contributed by atoms with E-state index in [2.05, 4.69) is 10.1 Å². The summed E-state index contributed by atoms with van der Waals surface area (Å²) >= 11 is 0. The van der Waals surface area contributed by atoms with Crippen molar-refractivity contribution in [2.45, 2.75) is 27.1 Å². The first-order chi connectivity index (χ1) is 9.23. The minimum absolute atomic E-state index is 0.0920. The lowest BCUT2D eigenvalue weighted by Gasteiger charge is -2.25. The van der Waals surface area contributed by atoms with Crippen LogP contribution in [0.3, 0.4) is 0 Å². The predicted molar refractivity (Wildman–Crippen MR) is 70.9 cm³/mol. The van der Waals surface area contributed by atoms with Gasteiger partial charge < -0.3 is 14.8 Å². The van der Waals surface area contributed by atoms with Crippen LogP contribution in [-0.4, -0.2) is 26.1 Å². The Morgan fingerprint density at radius 3 is 2.25 bits per heavy atom. The van der Waals surface area contributed by atoms with Crippen molar-refractivity contribution in [1.82, 2.24) is 5.32 Å². The monoisotopic (exact) mass is 291 g/mol.